The Balaban J connectivity index is 1.65. The van der Waals surface area contributed by atoms with Crippen molar-refractivity contribution in [2.45, 2.75) is 19.9 Å². The molecular formula is C17H20N4O2. The Bertz CT molecular complexity index is 696. The molecule has 23 heavy (non-hydrogen) atoms. The lowest BCUT2D eigenvalue weighted by Gasteiger charge is -2.14. The molecule has 1 fully saturated rings. The van der Waals surface area contributed by atoms with Crippen LogP contribution < -0.4 is 5.32 Å². The van der Waals surface area contributed by atoms with Crippen molar-refractivity contribution in [1.29, 1.82) is 0 Å². The van der Waals surface area contributed by atoms with Crippen molar-refractivity contribution in [1.82, 2.24) is 20.0 Å². The summed E-state index contributed by atoms with van der Waals surface area (Å²) in [6.45, 7) is 3.52. The number of nitrogens with one attached hydrogen (secondary N) is 1. The molecule has 2 aromatic rings. The first-order chi connectivity index (χ1) is 11.2. The fraction of sp³-hybridized carbons (Fsp3) is 0.353. The first-order valence-corrected chi connectivity index (χ1v) is 7.82. The lowest BCUT2D eigenvalue weighted by atomic mass is 10.1. The summed E-state index contributed by atoms with van der Waals surface area (Å²) in [5.41, 5.74) is 1.93. The van der Waals surface area contributed by atoms with Crippen molar-refractivity contribution in [3.63, 3.8) is 0 Å². The molecule has 1 aromatic carbocycles. The van der Waals surface area contributed by atoms with E-state index in [-0.39, 0.29) is 17.7 Å². The molecule has 6 heteroatoms. The zero-order valence-corrected chi connectivity index (χ0v) is 13.1. The van der Waals surface area contributed by atoms with Crippen LogP contribution in [-0.2, 0) is 16.1 Å². The van der Waals surface area contributed by atoms with E-state index in [9.17, 15) is 9.59 Å². The minimum Gasteiger partial charge on any atom is -0.352 e. The van der Waals surface area contributed by atoms with Crippen LogP contribution in [0, 0.1) is 5.92 Å². The van der Waals surface area contributed by atoms with Crippen LogP contribution in [0.15, 0.2) is 42.7 Å². The third-order valence-corrected chi connectivity index (χ3v) is 4.16. The monoisotopic (exact) mass is 312 g/mol. The van der Waals surface area contributed by atoms with E-state index in [2.05, 4.69) is 10.4 Å². The number of carbonyl (C=O) groups is 2. The SMILES string of the molecule is CCN1C[C@@H](C(=O)NCc2ccccc2-n2cccn2)CC1=O. The van der Waals surface area contributed by atoms with Crippen molar-refractivity contribution >= 4 is 11.8 Å². The van der Waals surface area contributed by atoms with Crippen molar-refractivity contribution < 1.29 is 9.59 Å². The van der Waals surface area contributed by atoms with Gasteiger partial charge in [-0.15, -0.1) is 0 Å². The summed E-state index contributed by atoms with van der Waals surface area (Å²) in [5.74, 6) is -0.256. The van der Waals surface area contributed by atoms with Crippen LogP contribution in [0.3, 0.4) is 0 Å². The van der Waals surface area contributed by atoms with E-state index in [1.807, 2.05) is 43.5 Å². The second-order valence-corrected chi connectivity index (χ2v) is 5.63. The van der Waals surface area contributed by atoms with Crippen LogP contribution in [0.2, 0.25) is 0 Å². The molecule has 1 atom stereocenters. The molecule has 3 rings (SSSR count). The molecule has 0 spiro atoms. The highest BCUT2D eigenvalue weighted by molar-refractivity contribution is 5.89. The number of nitrogens with zero attached hydrogens (tertiary/aromatic N) is 3. The molecule has 0 bridgehead atoms. The summed E-state index contributed by atoms with van der Waals surface area (Å²) in [5, 5.41) is 7.18. The molecule has 0 radical (unpaired) electrons. The summed E-state index contributed by atoms with van der Waals surface area (Å²) in [7, 11) is 0. The van der Waals surface area contributed by atoms with Gasteiger partial charge in [0.15, 0.2) is 0 Å². The predicted octanol–water partition coefficient (Wildman–Crippen LogP) is 1.36. The van der Waals surface area contributed by atoms with Gasteiger partial charge in [0, 0.05) is 38.4 Å². The van der Waals surface area contributed by atoms with Gasteiger partial charge in [0.1, 0.15) is 0 Å². The van der Waals surface area contributed by atoms with Crippen LogP contribution >= 0.6 is 0 Å². The number of hydrogen-bond acceptors (Lipinski definition) is 3. The standard InChI is InChI=1S/C17H20N4O2/c1-2-20-12-14(10-16(20)22)17(23)18-11-13-6-3-4-7-15(13)21-9-5-8-19-21/h3-9,14H,2,10-12H2,1H3,(H,18,23)/t14-/m0/s1. The lowest BCUT2D eigenvalue weighted by molar-refractivity contribution is -0.128. The van der Waals surface area contributed by atoms with Gasteiger partial charge < -0.3 is 10.2 Å². The smallest absolute Gasteiger partial charge is 0.225 e. The molecule has 1 aliphatic heterocycles. The van der Waals surface area contributed by atoms with Crippen LogP contribution in [0.1, 0.15) is 18.9 Å². The number of carbonyl (C=O) groups excluding carboxylic acids is 2. The van der Waals surface area contributed by atoms with E-state index >= 15 is 0 Å². The summed E-state index contributed by atoms with van der Waals surface area (Å²) in [6.07, 6.45) is 3.90. The van der Waals surface area contributed by atoms with Crippen LogP contribution in [0.25, 0.3) is 5.69 Å². The topological polar surface area (TPSA) is 67.2 Å². The van der Waals surface area contributed by atoms with E-state index < -0.39 is 0 Å². The molecule has 0 saturated carbocycles. The number of amides is 2. The number of aromatic nitrogens is 2. The molecule has 1 saturated heterocycles. The van der Waals surface area contributed by atoms with Crippen molar-refractivity contribution in [2.24, 2.45) is 5.92 Å². The molecule has 2 heterocycles. The molecular weight excluding hydrogens is 292 g/mol. The van der Waals surface area contributed by atoms with Gasteiger partial charge in [-0.05, 0) is 24.6 Å². The Morgan fingerprint density at radius 1 is 1.35 bits per heavy atom. The maximum Gasteiger partial charge on any atom is 0.225 e. The average Bonchev–Trinajstić information content (AvgIpc) is 3.22. The second kappa shape index (κ2) is 6.64. The Morgan fingerprint density at radius 3 is 2.87 bits per heavy atom. The van der Waals surface area contributed by atoms with Crippen LogP contribution in [-0.4, -0.2) is 39.6 Å². The quantitative estimate of drug-likeness (QED) is 0.906. The highest BCUT2D eigenvalue weighted by Crippen LogP contribution is 2.18. The summed E-state index contributed by atoms with van der Waals surface area (Å²) in [6, 6.07) is 9.67. The maximum absolute atomic E-state index is 12.3. The van der Waals surface area contributed by atoms with Gasteiger partial charge in [-0.2, -0.15) is 5.10 Å². The number of benzene rings is 1. The van der Waals surface area contributed by atoms with Gasteiger partial charge in [0.2, 0.25) is 11.8 Å². The summed E-state index contributed by atoms with van der Waals surface area (Å²) in [4.78, 5) is 25.8. The minimum absolute atomic E-state index is 0.0598. The highest BCUT2D eigenvalue weighted by Gasteiger charge is 2.33. The lowest BCUT2D eigenvalue weighted by Crippen LogP contribution is -2.32. The molecule has 1 N–H and O–H groups in total. The molecule has 1 aromatic heterocycles. The molecule has 1 aliphatic rings. The number of likely N-dealkylation sites (tertiary alicyclic amines) is 1. The zero-order valence-electron chi connectivity index (χ0n) is 13.1. The van der Waals surface area contributed by atoms with E-state index in [4.69, 9.17) is 0 Å². The summed E-state index contributed by atoms with van der Waals surface area (Å²) >= 11 is 0. The van der Waals surface area contributed by atoms with Crippen molar-refractivity contribution in [3.8, 4) is 5.69 Å². The average molecular weight is 312 g/mol. The highest BCUT2D eigenvalue weighted by atomic mass is 16.2. The number of rotatable bonds is 5. The number of para-hydroxylation sites is 1. The largest absolute Gasteiger partial charge is 0.352 e. The van der Waals surface area contributed by atoms with Gasteiger partial charge >= 0.3 is 0 Å². The van der Waals surface area contributed by atoms with E-state index in [0.29, 0.717) is 26.1 Å². The molecule has 120 valence electrons. The Morgan fingerprint density at radius 2 is 2.17 bits per heavy atom. The Hall–Kier alpha value is -2.63. The molecule has 6 nitrogen and oxygen atoms in total. The normalized spacial score (nSPS) is 17.5. The van der Waals surface area contributed by atoms with Crippen molar-refractivity contribution in [3.05, 3.63) is 48.3 Å². The van der Waals surface area contributed by atoms with E-state index in [1.54, 1.807) is 15.8 Å². The predicted molar refractivity (Wildman–Crippen MR) is 85.8 cm³/mol. The second-order valence-electron chi connectivity index (χ2n) is 5.63. The van der Waals surface area contributed by atoms with Crippen LogP contribution in [0.4, 0.5) is 0 Å². The zero-order chi connectivity index (χ0) is 16.2. The van der Waals surface area contributed by atoms with Gasteiger partial charge in [-0.1, -0.05) is 18.2 Å². The van der Waals surface area contributed by atoms with E-state index in [0.717, 1.165) is 11.3 Å². The van der Waals surface area contributed by atoms with E-state index in [1.165, 1.54) is 0 Å². The Labute approximate surface area is 135 Å². The molecule has 0 unspecified atom stereocenters. The first kappa shape index (κ1) is 15.3. The fourth-order valence-corrected chi connectivity index (χ4v) is 2.88. The first-order valence-electron chi connectivity index (χ1n) is 7.82. The van der Waals surface area contributed by atoms with Gasteiger partial charge in [-0.3, -0.25) is 9.59 Å². The maximum atomic E-state index is 12.3. The van der Waals surface area contributed by atoms with Crippen LogP contribution in [0.5, 0.6) is 0 Å². The fourth-order valence-electron chi connectivity index (χ4n) is 2.88. The molecule has 2 amide bonds. The third kappa shape index (κ3) is 3.26. The van der Waals surface area contributed by atoms with Crippen molar-refractivity contribution in [2.75, 3.05) is 13.1 Å². The van der Waals surface area contributed by atoms with Gasteiger partial charge in [-0.25, -0.2) is 4.68 Å². The third-order valence-electron chi connectivity index (χ3n) is 4.16. The molecule has 0 aliphatic carbocycles. The van der Waals surface area contributed by atoms with Gasteiger partial charge in [0.05, 0.1) is 11.6 Å². The number of hydrogen-bond donors (Lipinski definition) is 1. The van der Waals surface area contributed by atoms with Gasteiger partial charge in [0.25, 0.3) is 0 Å². The minimum atomic E-state index is -0.251. The Kier molecular flexibility index (Phi) is 4.41. The summed E-state index contributed by atoms with van der Waals surface area (Å²) < 4.78 is 1.78.